The Morgan fingerprint density at radius 1 is 0.348 bits per heavy atom. The SMILES string of the molecule is CCCCCCC/C=C\C/C=C\CCCCCCCCCCCCCCCCCCCCCCCCCCCCCC(=O)OC(CO)COC(=O)CCCCCCCCCCCCCCC. The van der Waals surface area contributed by atoms with Gasteiger partial charge < -0.3 is 14.6 Å². The standard InChI is InChI=1S/C61H116O5/c1-3-5-7-9-11-13-15-17-18-19-20-21-22-23-24-25-26-27-28-29-30-31-32-33-34-35-36-37-38-39-40-41-42-44-46-48-50-52-54-56-61(64)66-59(57-62)58-65-60(63)55-53-51-49-47-45-43-16-14-12-10-8-6-4-2/h15,17,19-20,59,62H,3-14,16,18,21-58H2,1-2H3/b17-15-,20-19-. The van der Waals surface area contributed by atoms with Crippen molar-refractivity contribution in [2.75, 3.05) is 13.2 Å². The first-order valence-electron chi connectivity index (χ1n) is 29.9. The number of aliphatic hydroxyl groups excluding tert-OH is 1. The van der Waals surface area contributed by atoms with Crippen LogP contribution in [0.1, 0.15) is 335 Å². The first kappa shape index (κ1) is 64.4. The summed E-state index contributed by atoms with van der Waals surface area (Å²) in [6, 6.07) is 0. The molecule has 0 rings (SSSR count). The summed E-state index contributed by atoms with van der Waals surface area (Å²) in [7, 11) is 0. The van der Waals surface area contributed by atoms with Crippen molar-refractivity contribution >= 4 is 11.9 Å². The van der Waals surface area contributed by atoms with Gasteiger partial charge in [-0.25, -0.2) is 0 Å². The van der Waals surface area contributed by atoms with E-state index in [4.69, 9.17) is 9.47 Å². The normalized spacial score (nSPS) is 12.2. The minimum Gasteiger partial charge on any atom is -0.462 e. The zero-order chi connectivity index (χ0) is 47.7. The number of hydrogen-bond donors (Lipinski definition) is 1. The lowest BCUT2D eigenvalue weighted by molar-refractivity contribution is -0.161. The van der Waals surface area contributed by atoms with Crippen molar-refractivity contribution in [3.8, 4) is 0 Å². The Balaban J connectivity index is 3.34. The van der Waals surface area contributed by atoms with Crippen molar-refractivity contribution in [2.45, 2.75) is 341 Å². The summed E-state index contributed by atoms with van der Waals surface area (Å²) in [5.41, 5.74) is 0. The van der Waals surface area contributed by atoms with Gasteiger partial charge in [0.05, 0.1) is 6.61 Å². The summed E-state index contributed by atoms with van der Waals surface area (Å²) in [4.78, 5) is 24.4. The maximum atomic E-state index is 12.3. The Hall–Kier alpha value is -1.62. The van der Waals surface area contributed by atoms with Crippen LogP contribution in [0.4, 0.5) is 0 Å². The van der Waals surface area contributed by atoms with Gasteiger partial charge in [0.2, 0.25) is 0 Å². The van der Waals surface area contributed by atoms with Crippen LogP contribution in [-0.2, 0) is 19.1 Å². The smallest absolute Gasteiger partial charge is 0.306 e. The van der Waals surface area contributed by atoms with Gasteiger partial charge in [0.25, 0.3) is 0 Å². The number of allylic oxidation sites excluding steroid dienone is 4. The molecule has 0 aliphatic carbocycles. The van der Waals surface area contributed by atoms with Crippen LogP contribution in [0.15, 0.2) is 24.3 Å². The molecule has 0 aromatic rings. The number of carbonyl (C=O) groups is 2. The molecular formula is C61H116O5. The van der Waals surface area contributed by atoms with E-state index in [0.717, 1.165) is 38.5 Å². The second kappa shape index (κ2) is 57.7. The molecular weight excluding hydrogens is 813 g/mol. The molecule has 0 spiro atoms. The number of carbonyl (C=O) groups excluding carboxylic acids is 2. The minimum atomic E-state index is -0.765. The van der Waals surface area contributed by atoms with Gasteiger partial charge in [-0.3, -0.25) is 9.59 Å². The molecule has 0 amide bonds. The van der Waals surface area contributed by atoms with E-state index in [9.17, 15) is 14.7 Å². The molecule has 1 unspecified atom stereocenters. The van der Waals surface area contributed by atoms with Gasteiger partial charge >= 0.3 is 11.9 Å². The zero-order valence-corrected chi connectivity index (χ0v) is 44.7. The molecule has 0 radical (unpaired) electrons. The van der Waals surface area contributed by atoms with E-state index in [1.54, 1.807) is 0 Å². The predicted molar refractivity (Wildman–Crippen MR) is 288 cm³/mol. The number of hydrogen-bond acceptors (Lipinski definition) is 5. The lowest BCUT2D eigenvalue weighted by Crippen LogP contribution is -2.28. The molecule has 66 heavy (non-hydrogen) atoms. The Morgan fingerprint density at radius 3 is 0.894 bits per heavy atom. The monoisotopic (exact) mass is 929 g/mol. The van der Waals surface area contributed by atoms with E-state index >= 15 is 0 Å². The quantitative estimate of drug-likeness (QED) is 0.0374. The van der Waals surface area contributed by atoms with Crippen LogP contribution in [0, 0.1) is 0 Å². The first-order chi connectivity index (χ1) is 32.6. The van der Waals surface area contributed by atoms with Crippen molar-refractivity contribution in [3.05, 3.63) is 24.3 Å². The lowest BCUT2D eigenvalue weighted by atomic mass is 10.0. The van der Waals surface area contributed by atoms with Crippen molar-refractivity contribution < 1.29 is 24.2 Å². The van der Waals surface area contributed by atoms with E-state index in [-0.39, 0.29) is 25.2 Å². The van der Waals surface area contributed by atoms with Crippen molar-refractivity contribution in [2.24, 2.45) is 0 Å². The van der Waals surface area contributed by atoms with Gasteiger partial charge in [0.15, 0.2) is 6.10 Å². The molecule has 0 bridgehead atoms. The Morgan fingerprint density at radius 2 is 0.606 bits per heavy atom. The number of rotatable bonds is 56. The van der Waals surface area contributed by atoms with Crippen LogP contribution in [0.5, 0.6) is 0 Å². The predicted octanol–water partition coefficient (Wildman–Crippen LogP) is 20.1. The second-order valence-corrected chi connectivity index (χ2v) is 20.4. The number of aliphatic hydroxyl groups is 1. The highest BCUT2D eigenvalue weighted by atomic mass is 16.6. The van der Waals surface area contributed by atoms with Gasteiger partial charge in [-0.15, -0.1) is 0 Å². The van der Waals surface area contributed by atoms with E-state index in [1.165, 1.54) is 270 Å². The van der Waals surface area contributed by atoms with Crippen molar-refractivity contribution in [1.29, 1.82) is 0 Å². The van der Waals surface area contributed by atoms with Crippen LogP contribution >= 0.6 is 0 Å². The summed E-state index contributed by atoms with van der Waals surface area (Å²) >= 11 is 0. The van der Waals surface area contributed by atoms with Crippen LogP contribution in [0.3, 0.4) is 0 Å². The Labute approximate surface area is 413 Å². The van der Waals surface area contributed by atoms with Crippen molar-refractivity contribution in [3.63, 3.8) is 0 Å². The lowest BCUT2D eigenvalue weighted by Gasteiger charge is -2.15. The highest BCUT2D eigenvalue weighted by molar-refractivity contribution is 5.70. The van der Waals surface area contributed by atoms with Crippen molar-refractivity contribution in [1.82, 2.24) is 0 Å². The molecule has 0 aliphatic rings. The molecule has 0 aromatic carbocycles. The first-order valence-corrected chi connectivity index (χ1v) is 29.9. The van der Waals surface area contributed by atoms with Gasteiger partial charge in [0, 0.05) is 12.8 Å². The summed E-state index contributed by atoms with van der Waals surface area (Å²) in [5, 5.41) is 9.62. The molecule has 0 aliphatic heterocycles. The molecule has 5 heteroatoms. The number of unbranched alkanes of at least 4 members (excludes halogenated alkanes) is 44. The van der Waals surface area contributed by atoms with Crippen LogP contribution in [-0.4, -0.2) is 36.4 Å². The third-order valence-electron chi connectivity index (χ3n) is 13.7. The van der Waals surface area contributed by atoms with Crippen LogP contribution in [0.25, 0.3) is 0 Å². The Bertz CT molecular complexity index is 1010. The molecule has 0 heterocycles. The highest BCUT2D eigenvalue weighted by Crippen LogP contribution is 2.18. The maximum absolute atomic E-state index is 12.3. The van der Waals surface area contributed by atoms with Crippen LogP contribution in [0.2, 0.25) is 0 Å². The number of esters is 2. The largest absolute Gasteiger partial charge is 0.462 e. The van der Waals surface area contributed by atoms with Crippen LogP contribution < -0.4 is 0 Å². The van der Waals surface area contributed by atoms with Gasteiger partial charge in [0.1, 0.15) is 6.61 Å². The topological polar surface area (TPSA) is 72.8 Å². The molecule has 1 atom stereocenters. The fourth-order valence-corrected chi connectivity index (χ4v) is 9.24. The fourth-order valence-electron chi connectivity index (χ4n) is 9.24. The van der Waals surface area contributed by atoms with E-state index in [0.29, 0.717) is 12.8 Å². The summed E-state index contributed by atoms with van der Waals surface area (Å²) in [6.45, 7) is 4.17. The molecule has 390 valence electrons. The molecule has 0 aromatic heterocycles. The minimum absolute atomic E-state index is 0.0578. The zero-order valence-electron chi connectivity index (χ0n) is 44.7. The average Bonchev–Trinajstić information content (AvgIpc) is 3.32. The van der Waals surface area contributed by atoms with E-state index < -0.39 is 6.10 Å². The average molecular weight is 930 g/mol. The van der Waals surface area contributed by atoms with Gasteiger partial charge in [-0.05, 0) is 44.9 Å². The molecule has 0 saturated carbocycles. The third-order valence-corrected chi connectivity index (χ3v) is 13.7. The molecule has 0 fully saturated rings. The summed E-state index contributed by atoms with van der Waals surface area (Å²) in [6.07, 6.45) is 73.3. The maximum Gasteiger partial charge on any atom is 0.306 e. The molecule has 5 nitrogen and oxygen atoms in total. The van der Waals surface area contributed by atoms with E-state index in [2.05, 4.69) is 38.2 Å². The second-order valence-electron chi connectivity index (χ2n) is 20.4. The summed E-state index contributed by atoms with van der Waals surface area (Å²) in [5.74, 6) is -0.570. The molecule has 0 saturated heterocycles. The molecule has 1 N–H and O–H groups in total. The fraction of sp³-hybridized carbons (Fsp3) is 0.902. The highest BCUT2D eigenvalue weighted by Gasteiger charge is 2.16. The van der Waals surface area contributed by atoms with Gasteiger partial charge in [-0.2, -0.15) is 0 Å². The van der Waals surface area contributed by atoms with Gasteiger partial charge in [-0.1, -0.05) is 301 Å². The third kappa shape index (κ3) is 55.0. The summed E-state index contributed by atoms with van der Waals surface area (Å²) < 4.78 is 10.7. The number of ether oxygens (including phenoxy) is 2. The Kier molecular flexibility index (Phi) is 56.3. The van der Waals surface area contributed by atoms with E-state index in [1.807, 2.05) is 0 Å².